The Kier molecular flexibility index (Phi) is 5.58. The number of carbonyl (C=O) groups is 1. The molecule has 0 bridgehead atoms. The molecule has 0 atom stereocenters. The van der Waals surface area contributed by atoms with E-state index in [0.717, 1.165) is 11.9 Å². The van der Waals surface area contributed by atoms with Gasteiger partial charge >= 0.3 is 0 Å². The molecule has 0 radical (unpaired) electrons. The molecular weight excluding hydrogens is 369 g/mol. The second-order valence-electron chi connectivity index (χ2n) is 5.41. The Morgan fingerprint density at radius 3 is 2.21 bits per heavy atom. The van der Waals surface area contributed by atoms with E-state index in [1.54, 1.807) is 42.3 Å². The van der Waals surface area contributed by atoms with Crippen molar-refractivity contribution in [2.24, 2.45) is 0 Å². The van der Waals surface area contributed by atoms with Gasteiger partial charge in [0.25, 0.3) is 5.24 Å². The second kappa shape index (κ2) is 7.13. The molecule has 0 aliphatic rings. The largest absolute Gasteiger partial charge is 0.344 e. The minimum Gasteiger partial charge on any atom is -0.344 e. The quantitative estimate of drug-likeness (QED) is 0.713. The number of hydrogen-bond acceptors (Lipinski definition) is 4. The summed E-state index contributed by atoms with van der Waals surface area (Å²) in [5.41, 5.74) is 2.17. The van der Waals surface area contributed by atoms with Gasteiger partial charge in [-0.15, -0.1) is 0 Å². The number of benzene rings is 2. The second-order valence-corrected chi connectivity index (χ2v) is 8.18. The average molecular weight is 386 g/mol. The Morgan fingerprint density at radius 1 is 1.17 bits per heavy atom. The summed E-state index contributed by atoms with van der Waals surface area (Å²) >= 11 is 11.5. The minimum absolute atomic E-state index is 0.0566. The van der Waals surface area contributed by atoms with E-state index in [4.69, 9.17) is 23.2 Å². The summed E-state index contributed by atoms with van der Waals surface area (Å²) in [7, 11) is -1.80. The maximum atomic E-state index is 12.2. The van der Waals surface area contributed by atoms with Gasteiger partial charge in [-0.2, -0.15) is 0 Å². The summed E-state index contributed by atoms with van der Waals surface area (Å²) in [6.07, 6.45) is 1.66. The molecule has 2 aromatic rings. The van der Waals surface area contributed by atoms with Crippen molar-refractivity contribution in [3.05, 3.63) is 52.5 Å². The van der Waals surface area contributed by atoms with Gasteiger partial charge in [-0.3, -0.25) is 4.79 Å². The van der Waals surface area contributed by atoms with Crippen LogP contribution in [0.4, 0.5) is 11.4 Å². The van der Waals surface area contributed by atoms with E-state index in [0.29, 0.717) is 22.7 Å². The molecule has 7 heteroatoms. The van der Waals surface area contributed by atoms with Crippen LogP contribution in [-0.2, 0) is 16.3 Å². The minimum atomic E-state index is -3.55. The van der Waals surface area contributed by atoms with Gasteiger partial charge in [0.05, 0.1) is 10.6 Å². The smallest absolute Gasteiger partial charge is 0.252 e. The molecule has 2 rings (SSSR count). The Labute approximate surface area is 151 Å². The normalized spacial score (nSPS) is 11.4. The number of hydrogen-bond donors (Lipinski definition) is 0. The molecule has 0 aliphatic carbocycles. The summed E-state index contributed by atoms with van der Waals surface area (Å²) in [4.78, 5) is 13.4. The van der Waals surface area contributed by atoms with Crippen molar-refractivity contribution in [1.29, 1.82) is 0 Å². The molecule has 0 aromatic heterocycles. The van der Waals surface area contributed by atoms with E-state index < -0.39 is 15.1 Å². The molecular formula is C17H17Cl2NO3S. The molecule has 0 fully saturated rings. The topological polar surface area (TPSA) is 54.5 Å². The average Bonchev–Trinajstić information content (AvgIpc) is 2.52. The summed E-state index contributed by atoms with van der Waals surface area (Å²) in [6.45, 7) is 1.88. The van der Waals surface area contributed by atoms with Crippen LogP contribution in [0.2, 0.25) is 5.02 Å². The van der Waals surface area contributed by atoms with E-state index in [-0.39, 0.29) is 10.5 Å². The van der Waals surface area contributed by atoms with Gasteiger partial charge < -0.3 is 4.90 Å². The van der Waals surface area contributed by atoms with Crippen LogP contribution >= 0.6 is 23.2 Å². The molecule has 0 unspecified atom stereocenters. The third kappa shape index (κ3) is 3.91. The molecule has 0 heterocycles. The van der Waals surface area contributed by atoms with Crippen molar-refractivity contribution in [3.63, 3.8) is 0 Å². The van der Waals surface area contributed by atoms with Crippen molar-refractivity contribution >= 4 is 49.7 Å². The maximum Gasteiger partial charge on any atom is 0.252 e. The van der Waals surface area contributed by atoms with E-state index in [1.165, 1.54) is 6.07 Å². The van der Waals surface area contributed by atoms with Crippen LogP contribution in [0.25, 0.3) is 0 Å². The van der Waals surface area contributed by atoms with Crippen LogP contribution in [0.1, 0.15) is 22.8 Å². The predicted octanol–water partition coefficient (Wildman–Crippen LogP) is 4.45. The van der Waals surface area contributed by atoms with E-state index in [9.17, 15) is 13.2 Å². The zero-order valence-corrected chi connectivity index (χ0v) is 15.8. The monoisotopic (exact) mass is 385 g/mol. The predicted molar refractivity (Wildman–Crippen MR) is 98.6 cm³/mol. The first-order chi connectivity index (χ1) is 11.1. The maximum absolute atomic E-state index is 12.2. The molecule has 0 saturated carbocycles. The number of nitrogens with zero attached hydrogens (tertiary/aromatic N) is 1. The lowest BCUT2D eigenvalue weighted by Gasteiger charge is -2.24. The summed E-state index contributed by atoms with van der Waals surface area (Å²) in [5.74, 6) is 0. The summed E-state index contributed by atoms with van der Waals surface area (Å²) < 4.78 is 24.4. The number of aryl methyl sites for hydroxylation is 1. The Bertz CT molecular complexity index is 877. The Balaban J connectivity index is 2.71. The van der Waals surface area contributed by atoms with Gasteiger partial charge in [-0.05, 0) is 60.0 Å². The first kappa shape index (κ1) is 18.8. The van der Waals surface area contributed by atoms with Gasteiger partial charge in [0, 0.05) is 29.6 Å². The van der Waals surface area contributed by atoms with Crippen LogP contribution in [-0.4, -0.2) is 27.0 Å². The number of carbonyl (C=O) groups excluding carboxylic acids is 1. The molecule has 2 aromatic carbocycles. The van der Waals surface area contributed by atoms with Crippen LogP contribution in [0.3, 0.4) is 0 Å². The van der Waals surface area contributed by atoms with Crippen LogP contribution in [0.15, 0.2) is 41.3 Å². The lowest BCUT2D eigenvalue weighted by atomic mass is 10.0. The van der Waals surface area contributed by atoms with Crippen molar-refractivity contribution < 1.29 is 13.2 Å². The first-order valence-electron chi connectivity index (χ1n) is 7.21. The van der Waals surface area contributed by atoms with E-state index >= 15 is 0 Å². The van der Waals surface area contributed by atoms with Gasteiger partial charge in [0.15, 0.2) is 9.84 Å². The molecule has 0 N–H and O–H groups in total. The highest BCUT2D eigenvalue weighted by atomic mass is 35.5. The highest BCUT2D eigenvalue weighted by Gasteiger charge is 2.22. The molecule has 128 valence electrons. The lowest BCUT2D eigenvalue weighted by Crippen LogP contribution is -2.15. The Hall–Kier alpha value is -1.56. The number of halogens is 2. The Morgan fingerprint density at radius 2 is 1.75 bits per heavy atom. The van der Waals surface area contributed by atoms with Gasteiger partial charge in [-0.25, -0.2) is 8.42 Å². The SMILES string of the molecule is CCc1cc(N(C)c2ccc(Cl)cc2)c(S(C)(=O)=O)cc1C(=O)Cl. The zero-order valence-electron chi connectivity index (χ0n) is 13.5. The highest BCUT2D eigenvalue weighted by molar-refractivity contribution is 7.90. The summed E-state index contributed by atoms with van der Waals surface area (Å²) in [5, 5.41) is -0.0785. The highest BCUT2D eigenvalue weighted by Crippen LogP contribution is 2.34. The molecule has 0 spiro atoms. The van der Waals surface area contributed by atoms with Gasteiger partial charge in [0.1, 0.15) is 0 Å². The third-order valence-electron chi connectivity index (χ3n) is 3.75. The number of rotatable bonds is 5. The standard InChI is InChI=1S/C17H17Cl2NO3S/c1-4-11-9-15(20(2)13-7-5-12(18)6-8-13)16(24(3,22)23)10-14(11)17(19)21/h5-10H,4H2,1-3H3. The van der Waals surface area contributed by atoms with Crippen molar-refractivity contribution in [2.45, 2.75) is 18.2 Å². The summed E-state index contributed by atoms with van der Waals surface area (Å²) in [6, 6.07) is 10.1. The van der Waals surface area contributed by atoms with Crippen molar-refractivity contribution in [2.75, 3.05) is 18.2 Å². The van der Waals surface area contributed by atoms with Gasteiger partial charge in [0.2, 0.25) is 0 Å². The fraction of sp³-hybridized carbons (Fsp3) is 0.235. The van der Waals surface area contributed by atoms with Crippen LogP contribution in [0, 0.1) is 0 Å². The fourth-order valence-corrected chi connectivity index (χ4v) is 3.66. The fourth-order valence-electron chi connectivity index (χ4n) is 2.45. The molecule has 24 heavy (non-hydrogen) atoms. The molecule has 0 amide bonds. The zero-order chi connectivity index (χ0) is 18.1. The molecule has 4 nitrogen and oxygen atoms in total. The van der Waals surface area contributed by atoms with Crippen LogP contribution < -0.4 is 4.90 Å². The van der Waals surface area contributed by atoms with E-state index in [2.05, 4.69) is 0 Å². The molecule has 0 aliphatic heterocycles. The van der Waals surface area contributed by atoms with Crippen molar-refractivity contribution in [1.82, 2.24) is 0 Å². The number of anilines is 2. The third-order valence-corrected chi connectivity index (χ3v) is 5.33. The molecule has 0 saturated heterocycles. The van der Waals surface area contributed by atoms with Crippen LogP contribution in [0.5, 0.6) is 0 Å². The first-order valence-corrected chi connectivity index (χ1v) is 9.86. The van der Waals surface area contributed by atoms with Crippen molar-refractivity contribution in [3.8, 4) is 0 Å². The number of sulfone groups is 1. The van der Waals surface area contributed by atoms with E-state index in [1.807, 2.05) is 6.92 Å². The van der Waals surface area contributed by atoms with Gasteiger partial charge in [-0.1, -0.05) is 18.5 Å². The lowest BCUT2D eigenvalue weighted by molar-refractivity contribution is 0.108.